The van der Waals surface area contributed by atoms with Gasteiger partial charge in [-0.05, 0) is 31.2 Å². The highest BCUT2D eigenvalue weighted by Crippen LogP contribution is 2.23. The molecule has 0 saturated heterocycles. The van der Waals surface area contributed by atoms with Gasteiger partial charge in [-0.2, -0.15) is 0 Å². The van der Waals surface area contributed by atoms with Crippen molar-refractivity contribution in [2.45, 2.75) is 19.8 Å². The Morgan fingerprint density at radius 3 is 2.21 bits per heavy atom. The first-order valence-electron chi connectivity index (χ1n) is 8.71. The summed E-state index contributed by atoms with van der Waals surface area (Å²) >= 11 is 0. The number of imide groups is 1. The number of nitrogens with zero attached hydrogens (tertiary/aromatic N) is 1. The number of hydrogen-bond acceptors (Lipinski definition) is 6. The van der Waals surface area contributed by atoms with E-state index >= 15 is 0 Å². The zero-order chi connectivity index (χ0) is 20.3. The number of aryl methyl sites for hydroxylation is 1. The highest BCUT2D eigenvalue weighted by molar-refractivity contribution is 6.21. The lowest BCUT2D eigenvalue weighted by atomic mass is 10.0. The maximum atomic E-state index is 12.4. The van der Waals surface area contributed by atoms with Crippen LogP contribution < -0.4 is 4.74 Å². The van der Waals surface area contributed by atoms with Gasteiger partial charge < -0.3 is 9.47 Å². The molecule has 0 unspecified atom stereocenters. The maximum absolute atomic E-state index is 12.4. The Kier molecular flexibility index (Phi) is 5.54. The highest BCUT2D eigenvalue weighted by atomic mass is 16.5. The van der Waals surface area contributed by atoms with E-state index in [0.29, 0.717) is 11.3 Å². The first kappa shape index (κ1) is 19.3. The van der Waals surface area contributed by atoms with Crippen LogP contribution in [0, 0.1) is 6.92 Å². The minimum Gasteiger partial charge on any atom is -0.496 e. The summed E-state index contributed by atoms with van der Waals surface area (Å²) in [7, 11) is 1.47. The van der Waals surface area contributed by atoms with E-state index < -0.39 is 24.5 Å². The van der Waals surface area contributed by atoms with Crippen LogP contribution in [-0.4, -0.2) is 42.3 Å². The molecule has 7 heteroatoms. The van der Waals surface area contributed by atoms with Gasteiger partial charge in [-0.1, -0.05) is 23.8 Å². The lowest BCUT2D eigenvalue weighted by Gasteiger charge is -2.14. The van der Waals surface area contributed by atoms with Crippen LogP contribution in [0.5, 0.6) is 5.75 Å². The van der Waals surface area contributed by atoms with E-state index in [0.717, 1.165) is 10.5 Å². The topological polar surface area (TPSA) is 90.0 Å². The molecule has 2 aromatic carbocycles. The molecule has 2 amide bonds. The molecule has 28 heavy (non-hydrogen) atoms. The number of esters is 1. The molecular weight excluding hydrogens is 362 g/mol. The normalized spacial score (nSPS) is 12.7. The molecule has 0 saturated carbocycles. The molecular formula is C21H19NO6. The summed E-state index contributed by atoms with van der Waals surface area (Å²) in [6, 6.07) is 11.6. The second kappa shape index (κ2) is 8.04. The van der Waals surface area contributed by atoms with Gasteiger partial charge in [0.15, 0.2) is 12.5 Å². The molecule has 0 atom stereocenters. The van der Waals surface area contributed by atoms with Gasteiger partial charge in [-0.3, -0.25) is 19.2 Å². The van der Waals surface area contributed by atoms with Gasteiger partial charge in [0.05, 0.1) is 30.2 Å². The summed E-state index contributed by atoms with van der Waals surface area (Å²) in [5, 5.41) is 0. The smallest absolute Gasteiger partial charge is 0.307 e. The lowest BCUT2D eigenvalue weighted by Crippen LogP contribution is -2.33. The van der Waals surface area contributed by atoms with Crippen molar-refractivity contribution in [1.29, 1.82) is 0 Å². The van der Waals surface area contributed by atoms with Crippen molar-refractivity contribution >= 4 is 23.6 Å². The summed E-state index contributed by atoms with van der Waals surface area (Å²) in [5.74, 6) is -1.49. The number of amides is 2. The number of rotatable bonds is 7. The van der Waals surface area contributed by atoms with E-state index in [9.17, 15) is 19.2 Å². The number of methoxy groups -OCH3 is 1. The third-order valence-electron chi connectivity index (χ3n) is 4.44. The molecule has 2 aromatic rings. The monoisotopic (exact) mass is 381 g/mol. The van der Waals surface area contributed by atoms with E-state index in [1.54, 1.807) is 36.4 Å². The summed E-state index contributed by atoms with van der Waals surface area (Å²) in [4.78, 5) is 49.7. The standard InChI is InChI=1S/C21H19NO6/c1-13-7-9-18(27-2)16(11-13)17(23)8-10-19(24)28-12-22-20(25)14-5-3-4-6-15(14)21(22)26/h3-7,9,11H,8,10,12H2,1-2H3. The molecule has 1 heterocycles. The van der Waals surface area contributed by atoms with Crippen LogP contribution in [0.3, 0.4) is 0 Å². The minimum absolute atomic E-state index is 0.0687. The number of benzene rings is 2. The molecule has 0 aliphatic carbocycles. The fourth-order valence-electron chi connectivity index (χ4n) is 2.96. The average Bonchev–Trinajstić information content (AvgIpc) is 2.95. The summed E-state index contributed by atoms with van der Waals surface area (Å²) < 4.78 is 10.2. The van der Waals surface area contributed by atoms with Gasteiger partial charge in [0, 0.05) is 6.42 Å². The van der Waals surface area contributed by atoms with Gasteiger partial charge in [-0.15, -0.1) is 0 Å². The average molecular weight is 381 g/mol. The van der Waals surface area contributed by atoms with Crippen molar-refractivity contribution in [3.63, 3.8) is 0 Å². The maximum Gasteiger partial charge on any atom is 0.307 e. The molecule has 0 N–H and O–H groups in total. The Morgan fingerprint density at radius 2 is 1.61 bits per heavy atom. The number of fused-ring (bicyclic) bond motifs is 1. The van der Waals surface area contributed by atoms with Crippen LogP contribution in [0.4, 0.5) is 0 Å². The van der Waals surface area contributed by atoms with Crippen LogP contribution in [-0.2, 0) is 9.53 Å². The third-order valence-corrected chi connectivity index (χ3v) is 4.44. The van der Waals surface area contributed by atoms with Crippen molar-refractivity contribution < 1.29 is 28.7 Å². The molecule has 1 aliphatic rings. The van der Waals surface area contributed by atoms with E-state index in [1.165, 1.54) is 7.11 Å². The predicted octanol–water partition coefficient (Wildman–Crippen LogP) is 2.76. The van der Waals surface area contributed by atoms with E-state index in [4.69, 9.17) is 9.47 Å². The molecule has 144 valence electrons. The fourth-order valence-corrected chi connectivity index (χ4v) is 2.96. The van der Waals surface area contributed by atoms with Crippen molar-refractivity contribution in [3.05, 3.63) is 64.7 Å². The SMILES string of the molecule is COc1ccc(C)cc1C(=O)CCC(=O)OCN1C(=O)c2ccccc2C1=O. The largest absolute Gasteiger partial charge is 0.496 e. The molecule has 0 fully saturated rings. The van der Waals surface area contributed by atoms with E-state index in [-0.39, 0.29) is 29.8 Å². The first-order chi connectivity index (χ1) is 13.4. The van der Waals surface area contributed by atoms with Crippen LogP contribution in [0.25, 0.3) is 0 Å². The zero-order valence-electron chi connectivity index (χ0n) is 15.6. The summed E-state index contributed by atoms with van der Waals surface area (Å²) in [6.07, 6.45) is -0.236. The number of hydrogen-bond donors (Lipinski definition) is 0. The van der Waals surface area contributed by atoms with Gasteiger partial charge in [-0.25, -0.2) is 4.90 Å². The summed E-state index contributed by atoms with van der Waals surface area (Å²) in [5.41, 5.74) is 1.86. The first-order valence-corrected chi connectivity index (χ1v) is 8.71. The summed E-state index contributed by atoms with van der Waals surface area (Å²) in [6.45, 7) is 1.37. The molecule has 3 rings (SSSR count). The molecule has 1 aliphatic heterocycles. The van der Waals surface area contributed by atoms with E-state index in [2.05, 4.69) is 0 Å². The van der Waals surface area contributed by atoms with Crippen LogP contribution >= 0.6 is 0 Å². The lowest BCUT2D eigenvalue weighted by molar-refractivity contribution is -0.146. The fraction of sp³-hybridized carbons (Fsp3) is 0.238. The quantitative estimate of drug-likeness (QED) is 0.416. The second-order valence-corrected chi connectivity index (χ2v) is 6.36. The van der Waals surface area contributed by atoms with Crippen LogP contribution in [0.15, 0.2) is 42.5 Å². The molecule has 0 radical (unpaired) electrons. The van der Waals surface area contributed by atoms with Crippen LogP contribution in [0.1, 0.15) is 49.5 Å². The van der Waals surface area contributed by atoms with Crippen molar-refractivity contribution in [1.82, 2.24) is 4.90 Å². The van der Waals surface area contributed by atoms with Gasteiger partial charge in [0.1, 0.15) is 5.75 Å². The highest BCUT2D eigenvalue weighted by Gasteiger charge is 2.35. The molecule has 0 bridgehead atoms. The third kappa shape index (κ3) is 3.78. The number of ether oxygens (including phenoxy) is 2. The molecule has 7 nitrogen and oxygen atoms in total. The van der Waals surface area contributed by atoms with Gasteiger partial charge in [0.25, 0.3) is 11.8 Å². The Labute approximate surface area is 161 Å². The zero-order valence-corrected chi connectivity index (χ0v) is 15.6. The number of Topliss-reactive ketones (excluding diaryl/α,β-unsaturated/α-hetero) is 1. The predicted molar refractivity (Wildman–Crippen MR) is 99.2 cm³/mol. The van der Waals surface area contributed by atoms with Gasteiger partial charge in [0.2, 0.25) is 0 Å². The Hall–Kier alpha value is -3.48. The second-order valence-electron chi connectivity index (χ2n) is 6.36. The Balaban J connectivity index is 1.55. The Morgan fingerprint density at radius 1 is 0.964 bits per heavy atom. The molecule has 0 aromatic heterocycles. The van der Waals surface area contributed by atoms with Crippen molar-refractivity contribution in [3.8, 4) is 5.75 Å². The number of carbonyl (C=O) groups excluding carboxylic acids is 4. The van der Waals surface area contributed by atoms with Gasteiger partial charge >= 0.3 is 5.97 Å². The molecule has 0 spiro atoms. The van der Waals surface area contributed by atoms with Crippen LogP contribution in [0.2, 0.25) is 0 Å². The van der Waals surface area contributed by atoms with E-state index in [1.807, 2.05) is 13.0 Å². The minimum atomic E-state index is -0.670. The Bertz CT molecular complexity index is 930. The van der Waals surface area contributed by atoms with Crippen molar-refractivity contribution in [2.75, 3.05) is 13.8 Å². The van der Waals surface area contributed by atoms with Crippen molar-refractivity contribution in [2.24, 2.45) is 0 Å². The number of ketones is 1. The number of carbonyl (C=O) groups is 4.